The molecule has 0 aliphatic heterocycles. The fourth-order valence-corrected chi connectivity index (χ4v) is 1.61. The first-order chi connectivity index (χ1) is 5.33. The minimum Gasteiger partial charge on any atom is -0.0913 e. The van der Waals surface area contributed by atoms with Crippen molar-refractivity contribution < 1.29 is 0 Å². The van der Waals surface area contributed by atoms with Crippen LogP contribution in [0.15, 0.2) is 0 Å². The highest BCUT2D eigenvalue weighted by Crippen LogP contribution is 2.33. The first kappa shape index (κ1) is 13.9. The van der Waals surface area contributed by atoms with Gasteiger partial charge in [0.2, 0.25) is 0 Å². The highest BCUT2D eigenvalue weighted by Gasteiger charge is 2.25. The second-order valence-corrected chi connectivity index (χ2v) is 8.54. The van der Waals surface area contributed by atoms with E-state index in [0.29, 0.717) is 0 Å². The van der Waals surface area contributed by atoms with E-state index in [-0.39, 0.29) is 8.65 Å². The summed E-state index contributed by atoms with van der Waals surface area (Å²) in [6.45, 7) is 4.41. The molecule has 0 aromatic heterocycles. The van der Waals surface area contributed by atoms with E-state index >= 15 is 0 Å². The molecule has 0 amide bonds. The Bertz CT molecular complexity index is 115. The Morgan fingerprint density at radius 2 is 1.08 bits per heavy atom. The molecule has 0 saturated heterocycles. The summed E-state index contributed by atoms with van der Waals surface area (Å²) >= 11 is 14.3. The zero-order valence-electron chi connectivity index (χ0n) is 7.34. The lowest BCUT2D eigenvalue weighted by atomic mass is 10.0. The van der Waals surface area contributed by atoms with Crippen molar-refractivity contribution in [3.63, 3.8) is 0 Å². The average Bonchev–Trinajstić information content (AvgIpc) is 2.02. The molecule has 0 fully saturated rings. The summed E-state index contributed by atoms with van der Waals surface area (Å²) in [4.78, 5) is 0. The van der Waals surface area contributed by atoms with Crippen molar-refractivity contribution in [1.29, 1.82) is 0 Å². The van der Waals surface area contributed by atoms with Crippen molar-refractivity contribution in [2.75, 3.05) is 10.7 Å². The molecule has 4 heteroatoms. The lowest BCUT2D eigenvalue weighted by Gasteiger charge is -2.25. The second kappa shape index (κ2) is 5.72. The molecule has 0 spiro atoms. The fraction of sp³-hybridized carbons (Fsp3) is 1.00. The first-order valence-electron chi connectivity index (χ1n) is 3.83. The van der Waals surface area contributed by atoms with Crippen molar-refractivity contribution in [3.8, 4) is 0 Å². The maximum atomic E-state index is 3.68. The van der Waals surface area contributed by atoms with E-state index in [1.54, 1.807) is 0 Å². The summed E-state index contributed by atoms with van der Waals surface area (Å²) in [5.41, 5.74) is 0. The molecule has 0 aromatic rings. The van der Waals surface area contributed by atoms with Gasteiger partial charge in [0.15, 0.2) is 0 Å². The van der Waals surface area contributed by atoms with Gasteiger partial charge in [0, 0.05) is 19.3 Å². The van der Waals surface area contributed by atoms with E-state index in [1.165, 1.54) is 0 Å². The molecular weight excluding hydrogens is 416 g/mol. The van der Waals surface area contributed by atoms with E-state index in [9.17, 15) is 0 Å². The highest BCUT2D eigenvalue weighted by atomic mass is 79.9. The van der Waals surface area contributed by atoms with Crippen molar-refractivity contribution in [2.24, 2.45) is 0 Å². The van der Waals surface area contributed by atoms with Gasteiger partial charge in [0.1, 0.15) is 0 Å². The number of alkyl halides is 4. The molecular formula is C8H14Br4. The molecule has 0 aliphatic carbocycles. The molecule has 2 unspecified atom stereocenters. The van der Waals surface area contributed by atoms with Gasteiger partial charge in [-0.2, -0.15) is 0 Å². The molecule has 0 nitrogen and oxygen atoms in total. The molecule has 0 bridgehead atoms. The largest absolute Gasteiger partial charge is 0.0913 e. The minimum absolute atomic E-state index is 0.226. The van der Waals surface area contributed by atoms with Gasteiger partial charge in [-0.25, -0.2) is 0 Å². The maximum Gasteiger partial charge on any atom is 0.0327 e. The minimum atomic E-state index is 0.226. The van der Waals surface area contributed by atoms with Crippen molar-refractivity contribution >= 4 is 63.7 Å². The Kier molecular flexibility index (Phi) is 6.63. The first-order valence-corrected chi connectivity index (χ1v) is 7.66. The van der Waals surface area contributed by atoms with Gasteiger partial charge in [-0.15, -0.1) is 0 Å². The normalized spacial score (nSPS) is 21.5. The second-order valence-electron chi connectivity index (χ2n) is 3.59. The highest BCUT2D eigenvalue weighted by molar-refractivity contribution is 9.12. The molecule has 74 valence electrons. The molecule has 0 aliphatic rings. The van der Waals surface area contributed by atoms with Crippen LogP contribution < -0.4 is 0 Å². The van der Waals surface area contributed by atoms with Crippen LogP contribution in [-0.4, -0.2) is 19.3 Å². The van der Waals surface area contributed by atoms with Crippen LogP contribution in [0.25, 0.3) is 0 Å². The van der Waals surface area contributed by atoms with Gasteiger partial charge in [0.25, 0.3) is 0 Å². The van der Waals surface area contributed by atoms with E-state index in [0.717, 1.165) is 23.5 Å². The van der Waals surface area contributed by atoms with Crippen LogP contribution in [0.3, 0.4) is 0 Å². The predicted molar refractivity (Wildman–Crippen MR) is 71.5 cm³/mol. The molecule has 2 atom stereocenters. The molecule has 0 rings (SSSR count). The fourth-order valence-electron chi connectivity index (χ4n) is 0.655. The van der Waals surface area contributed by atoms with Gasteiger partial charge >= 0.3 is 0 Å². The van der Waals surface area contributed by atoms with Gasteiger partial charge < -0.3 is 0 Å². The van der Waals surface area contributed by atoms with Crippen LogP contribution in [0.1, 0.15) is 26.7 Å². The quantitative estimate of drug-likeness (QED) is 0.547. The molecule has 0 radical (unpaired) electrons. The topological polar surface area (TPSA) is 0 Å². The third kappa shape index (κ3) is 6.39. The van der Waals surface area contributed by atoms with Gasteiger partial charge in [-0.1, -0.05) is 63.7 Å². The summed E-state index contributed by atoms with van der Waals surface area (Å²) in [6.07, 6.45) is 2.32. The third-order valence-electron chi connectivity index (χ3n) is 1.72. The lowest BCUT2D eigenvalue weighted by molar-refractivity contribution is 0.559. The van der Waals surface area contributed by atoms with Crippen molar-refractivity contribution in [2.45, 2.75) is 35.3 Å². The SMILES string of the molecule is CC(Br)(CBr)CCC(C)(Br)CBr. The van der Waals surface area contributed by atoms with Crippen LogP contribution in [0.2, 0.25) is 0 Å². The van der Waals surface area contributed by atoms with Crippen LogP contribution in [0.4, 0.5) is 0 Å². The van der Waals surface area contributed by atoms with E-state index in [1.807, 2.05) is 0 Å². The molecule has 12 heavy (non-hydrogen) atoms. The molecule has 0 saturated carbocycles. The monoisotopic (exact) mass is 426 g/mol. The predicted octanol–water partition coefficient (Wildman–Crippen LogP) is 4.86. The Morgan fingerprint density at radius 1 is 0.833 bits per heavy atom. The maximum absolute atomic E-state index is 3.68. The van der Waals surface area contributed by atoms with E-state index < -0.39 is 0 Å². The smallest absolute Gasteiger partial charge is 0.0327 e. The molecule has 0 heterocycles. The Hall–Kier alpha value is 1.92. The number of halogens is 4. The van der Waals surface area contributed by atoms with E-state index in [4.69, 9.17) is 0 Å². The zero-order chi connectivity index (χ0) is 9.83. The number of hydrogen-bond donors (Lipinski definition) is 0. The van der Waals surface area contributed by atoms with Crippen LogP contribution in [0.5, 0.6) is 0 Å². The van der Waals surface area contributed by atoms with Crippen molar-refractivity contribution in [3.05, 3.63) is 0 Å². The Balaban J connectivity index is 3.82. The van der Waals surface area contributed by atoms with Gasteiger partial charge in [-0.05, 0) is 26.7 Å². The van der Waals surface area contributed by atoms with Gasteiger partial charge in [0.05, 0.1) is 0 Å². The Morgan fingerprint density at radius 3 is 1.25 bits per heavy atom. The lowest BCUT2D eigenvalue weighted by Crippen LogP contribution is -2.25. The third-order valence-corrected chi connectivity index (χ3v) is 7.06. The van der Waals surface area contributed by atoms with Crippen LogP contribution >= 0.6 is 63.7 Å². The van der Waals surface area contributed by atoms with Crippen molar-refractivity contribution in [1.82, 2.24) is 0 Å². The standard InChI is InChI=1S/C8H14Br4/c1-7(11,5-9)3-4-8(2,12)6-10/h3-6H2,1-2H3. The summed E-state index contributed by atoms with van der Waals surface area (Å²) < 4.78 is 0.453. The average molecular weight is 430 g/mol. The number of hydrogen-bond acceptors (Lipinski definition) is 0. The zero-order valence-corrected chi connectivity index (χ0v) is 13.7. The van der Waals surface area contributed by atoms with Crippen LogP contribution in [0, 0.1) is 0 Å². The van der Waals surface area contributed by atoms with E-state index in [2.05, 4.69) is 77.6 Å². The van der Waals surface area contributed by atoms with Gasteiger partial charge in [-0.3, -0.25) is 0 Å². The summed E-state index contributed by atoms with van der Waals surface area (Å²) in [5, 5.41) is 1.98. The van der Waals surface area contributed by atoms with Crippen LogP contribution in [-0.2, 0) is 0 Å². The summed E-state index contributed by atoms with van der Waals surface area (Å²) in [6, 6.07) is 0. The Labute approximate surface area is 109 Å². The summed E-state index contributed by atoms with van der Waals surface area (Å²) in [5.74, 6) is 0. The molecule has 0 aromatic carbocycles. The number of rotatable bonds is 5. The summed E-state index contributed by atoms with van der Waals surface area (Å²) in [7, 11) is 0. The molecule has 0 N–H and O–H groups in total.